The first kappa shape index (κ1) is 19.8. The van der Waals surface area contributed by atoms with E-state index in [0.717, 1.165) is 0 Å². The predicted octanol–water partition coefficient (Wildman–Crippen LogP) is 1.08. The van der Waals surface area contributed by atoms with Crippen molar-refractivity contribution < 1.29 is 24.0 Å². The van der Waals surface area contributed by atoms with Gasteiger partial charge in [-0.2, -0.15) is 0 Å². The summed E-state index contributed by atoms with van der Waals surface area (Å²) < 4.78 is 10.5. The number of carbonyl (C=O) groups is 2. The van der Waals surface area contributed by atoms with Gasteiger partial charge in [0.15, 0.2) is 0 Å². The van der Waals surface area contributed by atoms with E-state index in [2.05, 4.69) is 10.6 Å². The minimum Gasteiger partial charge on any atom is -0.463 e. The third kappa shape index (κ3) is 5.50. The number of nitro groups is 1. The number of amides is 1. The highest BCUT2D eigenvalue weighted by atomic mass is 16.6. The first-order valence-electron chi connectivity index (χ1n) is 8.44. The summed E-state index contributed by atoms with van der Waals surface area (Å²) in [6.45, 7) is 4.80. The summed E-state index contributed by atoms with van der Waals surface area (Å²) in [5.74, 6) is -0.983. The minimum absolute atomic E-state index is 0.169. The number of ether oxygens (including phenoxy) is 2. The molecule has 0 aromatic heterocycles. The average molecular weight is 365 g/mol. The number of rotatable bonds is 7. The molecule has 0 spiro atoms. The maximum absolute atomic E-state index is 12.5. The van der Waals surface area contributed by atoms with E-state index in [0.29, 0.717) is 19.7 Å². The van der Waals surface area contributed by atoms with Gasteiger partial charge < -0.3 is 20.1 Å². The van der Waals surface area contributed by atoms with E-state index < -0.39 is 28.9 Å². The lowest BCUT2D eigenvalue weighted by molar-refractivity contribution is -0.385. The Hall–Kier alpha value is -2.52. The van der Waals surface area contributed by atoms with Crippen LogP contribution in [0.3, 0.4) is 0 Å². The number of nitrogens with zero attached hydrogens (tertiary/aromatic N) is 1. The van der Waals surface area contributed by atoms with Crippen LogP contribution < -0.4 is 10.6 Å². The molecule has 2 unspecified atom stereocenters. The second kappa shape index (κ2) is 9.25. The highest BCUT2D eigenvalue weighted by Crippen LogP contribution is 2.27. The molecule has 1 fully saturated rings. The van der Waals surface area contributed by atoms with Crippen molar-refractivity contribution in [3.63, 3.8) is 0 Å². The van der Waals surface area contributed by atoms with Crippen molar-refractivity contribution in [3.8, 4) is 0 Å². The predicted molar refractivity (Wildman–Crippen MR) is 92.4 cm³/mol. The summed E-state index contributed by atoms with van der Waals surface area (Å²) in [4.78, 5) is 35.3. The molecular formula is C17H23N3O6. The molecule has 2 N–H and O–H groups in total. The third-order valence-electron chi connectivity index (χ3n) is 3.78. The molecule has 26 heavy (non-hydrogen) atoms. The maximum atomic E-state index is 12.5. The van der Waals surface area contributed by atoms with Gasteiger partial charge in [0.25, 0.3) is 11.6 Å². The number of hydrogen-bond donors (Lipinski definition) is 2. The molecule has 0 saturated carbocycles. The number of esters is 1. The molecule has 2 rings (SSSR count). The van der Waals surface area contributed by atoms with Gasteiger partial charge in [0.1, 0.15) is 6.10 Å². The first-order chi connectivity index (χ1) is 12.4. The minimum atomic E-state index is -0.888. The standard InChI is InChI=1S/C17H23N3O6/c1-11(2)26-16(21)9-13(12-5-3-4-6-14(12)20(23)24)19-17(22)15-10-18-7-8-25-15/h3-6,11,13,15,18H,7-10H2,1-2H3,(H,19,22). The number of hydrogen-bond acceptors (Lipinski definition) is 7. The molecular weight excluding hydrogens is 342 g/mol. The van der Waals surface area contributed by atoms with Crippen molar-refractivity contribution in [2.24, 2.45) is 0 Å². The van der Waals surface area contributed by atoms with Gasteiger partial charge in [-0.3, -0.25) is 19.7 Å². The van der Waals surface area contributed by atoms with E-state index in [-0.39, 0.29) is 23.8 Å². The Morgan fingerprint density at radius 2 is 2.15 bits per heavy atom. The summed E-state index contributed by atoms with van der Waals surface area (Å²) in [5.41, 5.74) is 0.0770. The SMILES string of the molecule is CC(C)OC(=O)CC(NC(=O)C1CNCCO1)c1ccccc1[N+](=O)[O-]. The molecule has 142 valence electrons. The van der Waals surface area contributed by atoms with Gasteiger partial charge in [-0.1, -0.05) is 18.2 Å². The molecule has 9 heteroatoms. The molecule has 1 aromatic rings. The highest BCUT2D eigenvalue weighted by molar-refractivity contribution is 5.82. The Morgan fingerprint density at radius 1 is 1.42 bits per heavy atom. The fourth-order valence-electron chi connectivity index (χ4n) is 2.66. The van der Waals surface area contributed by atoms with Gasteiger partial charge >= 0.3 is 5.97 Å². The van der Waals surface area contributed by atoms with Crippen LogP contribution in [0.25, 0.3) is 0 Å². The Labute approximate surface area is 151 Å². The average Bonchev–Trinajstić information content (AvgIpc) is 2.61. The molecule has 2 atom stereocenters. The Morgan fingerprint density at radius 3 is 2.77 bits per heavy atom. The van der Waals surface area contributed by atoms with Crippen LogP contribution in [-0.4, -0.2) is 48.7 Å². The number of morpholine rings is 1. The summed E-state index contributed by atoms with van der Waals surface area (Å²) >= 11 is 0. The molecule has 1 aliphatic heterocycles. The van der Waals surface area contributed by atoms with Crippen LogP contribution in [0.2, 0.25) is 0 Å². The van der Waals surface area contributed by atoms with Gasteiger partial charge in [-0.25, -0.2) is 0 Å². The van der Waals surface area contributed by atoms with Gasteiger partial charge in [0, 0.05) is 19.2 Å². The van der Waals surface area contributed by atoms with Crippen LogP contribution in [0.4, 0.5) is 5.69 Å². The molecule has 1 aromatic carbocycles. The highest BCUT2D eigenvalue weighted by Gasteiger charge is 2.30. The maximum Gasteiger partial charge on any atom is 0.308 e. The molecule has 0 bridgehead atoms. The van der Waals surface area contributed by atoms with Crippen LogP contribution in [0.1, 0.15) is 31.9 Å². The zero-order valence-corrected chi connectivity index (χ0v) is 14.8. The molecule has 1 saturated heterocycles. The summed E-state index contributed by atoms with van der Waals surface area (Å²) in [6, 6.07) is 5.11. The van der Waals surface area contributed by atoms with E-state index in [1.807, 2.05) is 0 Å². The number of carbonyl (C=O) groups excluding carboxylic acids is 2. The topological polar surface area (TPSA) is 120 Å². The Balaban J connectivity index is 2.22. The number of nitrogens with one attached hydrogen (secondary N) is 2. The van der Waals surface area contributed by atoms with Crippen molar-refractivity contribution in [2.75, 3.05) is 19.7 Å². The zero-order chi connectivity index (χ0) is 19.1. The largest absolute Gasteiger partial charge is 0.463 e. The fourth-order valence-corrected chi connectivity index (χ4v) is 2.66. The third-order valence-corrected chi connectivity index (χ3v) is 3.78. The van der Waals surface area contributed by atoms with E-state index in [9.17, 15) is 19.7 Å². The number of para-hydroxylation sites is 1. The monoisotopic (exact) mass is 365 g/mol. The van der Waals surface area contributed by atoms with E-state index >= 15 is 0 Å². The van der Waals surface area contributed by atoms with Crippen LogP contribution in [0.15, 0.2) is 24.3 Å². The summed E-state index contributed by atoms with van der Waals surface area (Å²) in [5, 5.41) is 17.1. The zero-order valence-electron chi connectivity index (χ0n) is 14.8. The molecule has 0 radical (unpaired) electrons. The van der Waals surface area contributed by atoms with Crippen molar-refractivity contribution in [2.45, 2.75) is 38.5 Å². The number of nitro benzene ring substituents is 1. The molecule has 0 aliphatic carbocycles. The van der Waals surface area contributed by atoms with Crippen LogP contribution in [-0.2, 0) is 19.1 Å². The Kier molecular flexibility index (Phi) is 7.05. The van der Waals surface area contributed by atoms with Crippen molar-refractivity contribution in [1.29, 1.82) is 0 Å². The normalized spacial score (nSPS) is 18.2. The van der Waals surface area contributed by atoms with Crippen LogP contribution >= 0.6 is 0 Å². The van der Waals surface area contributed by atoms with E-state index in [4.69, 9.17) is 9.47 Å². The van der Waals surface area contributed by atoms with Crippen molar-refractivity contribution in [3.05, 3.63) is 39.9 Å². The molecule has 9 nitrogen and oxygen atoms in total. The Bertz CT molecular complexity index is 658. The van der Waals surface area contributed by atoms with E-state index in [1.165, 1.54) is 18.2 Å². The fraction of sp³-hybridized carbons (Fsp3) is 0.529. The van der Waals surface area contributed by atoms with Crippen molar-refractivity contribution >= 4 is 17.6 Å². The molecule has 1 amide bonds. The van der Waals surface area contributed by atoms with Crippen LogP contribution in [0.5, 0.6) is 0 Å². The van der Waals surface area contributed by atoms with Gasteiger partial charge in [0.05, 0.1) is 35.7 Å². The van der Waals surface area contributed by atoms with Gasteiger partial charge in [0.2, 0.25) is 0 Å². The summed E-state index contributed by atoms with van der Waals surface area (Å²) in [6.07, 6.45) is -1.25. The number of benzene rings is 1. The van der Waals surface area contributed by atoms with Crippen LogP contribution in [0, 0.1) is 10.1 Å². The second-order valence-corrected chi connectivity index (χ2v) is 6.18. The quantitative estimate of drug-likeness (QED) is 0.421. The smallest absolute Gasteiger partial charge is 0.308 e. The second-order valence-electron chi connectivity index (χ2n) is 6.18. The summed E-state index contributed by atoms with van der Waals surface area (Å²) in [7, 11) is 0. The van der Waals surface area contributed by atoms with Gasteiger partial charge in [-0.05, 0) is 13.8 Å². The lowest BCUT2D eigenvalue weighted by atomic mass is 10.0. The van der Waals surface area contributed by atoms with Gasteiger partial charge in [-0.15, -0.1) is 0 Å². The first-order valence-corrected chi connectivity index (χ1v) is 8.44. The lowest BCUT2D eigenvalue weighted by Gasteiger charge is -2.26. The lowest BCUT2D eigenvalue weighted by Crippen LogP contribution is -2.48. The molecule has 1 aliphatic rings. The van der Waals surface area contributed by atoms with E-state index in [1.54, 1.807) is 19.9 Å². The molecule has 1 heterocycles. The van der Waals surface area contributed by atoms with Crippen molar-refractivity contribution in [1.82, 2.24) is 10.6 Å².